The predicted octanol–water partition coefficient (Wildman–Crippen LogP) is 2.89. The zero-order chi connectivity index (χ0) is 16.6. The highest BCUT2D eigenvalue weighted by atomic mass is 32.2. The van der Waals surface area contributed by atoms with Gasteiger partial charge in [-0.15, -0.1) is 17.5 Å². The molecule has 0 bridgehead atoms. The van der Waals surface area contributed by atoms with Crippen LogP contribution in [0.25, 0.3) is 0 Å². The lowest BCUT2D eigenvalue weighted by molar-refractivity contribution is -0.158. The van der Waals surface area contributed by atoms with Crippen molar-refractivity contribution in [1.29, 1.82) is 0 Å². The number of thioether (sulfide) groups is 1. The van der Waals surface area contributed by atoms with Crippen LogP contribution in [0.15, 0.2) is 47.7 Å². The lowest BCUT2D eigenvalue weighted by Crippen LogP contribution is -2.58. The van der Waals surface area contributed by atoms with Gasteiger partial charge in [-0.05, 0) is 32.4 Å². The number of benzene rings is 1. The van der Waals surface area contributed by atoms with E-state index in [9.17, 15) is 9.59 Å². The molecule has 2 aliphatic heterocycles. The Morgan fingerprint density at radius 2 is 2.09 bits per heavy atom. The first-order valence-electron chi connectivity index (χ1n) is 7.58. The molecule has 4 nitrogen and oxygen atoms in total. The molecule has 2 atom stereocenters. The molecule has 120 valence electrons. The van der Waals surface area contributed by atoms with E-state index in [-0.39, 0.29) is 28.6 Å². The van der Waals surface area contributed by atoms with Gasteiger partial charge < -0.3 is 9.64 Å². The zero-order valence-corrected chi connectivity index (χ0v) is 14.2. The van der Waals surface area contributed by atoms with Gasteiger partial charge in [0.05, 0.1) is 5.57 Å². The van der Waals surface area contributed by atoms with Gasteiger partial charge in [0.15, 0.2) is 0 Å². The van der Waals surface area contributed by atoms with Crippen LogP contribution >= 0.6 is 11.8 Å². The molecule has 0 saturated carbocycles. The Morgan fingerprint density at radius 3 is 2.74 bits per heavy atom. The van der Waals surface area contributed by atoms with Crippen LogP contribution in [0.2, 0.25) is 0 Å². The number of β-lactam (4-membered cyclic amide) rings is 1. The van der Waals surface area contributed by atoms with E-state index in [0.717, 1.165) is 5.56 Å². The fraction of sp³-hybridized carbons (Fsp3) is 0.389. The Morgan fingerprint density at radius 1 is 1.39 bits per heavy atom. The molecule has 2 fully saturated rings. The molecule has 2 aliphatic rings. The van der Waals surface area contributed by atoms with Gasteiger partial charge in [0.25, 0.3) is 5.91 Å². The number of hydrogen-bond donors (Lipinski definition) is 0. The third-order valence-corrected chi connectivity index (χ3v) is 5.58. The van der Waals surface area contributed by atoms with E-state index in [4.69, 9.17) is 4.74 Å². The SMILES string of the molecule is CC=C=C1C(=O)N2[C@@H]1SC(C)(C)[C@@H]2C(=O)OCc1ccccc1. The van der Waals surface area contributed by atoms with Crippen molar-refractivity contribution in [3.05, 3.63) is 53.3 Å². The first kappa shape index (κ1) is 15.9. The molecule has 0 radical (unpaired) electrons. The Labute approximate surface area is 140 Å². The van der Waals surface area contributed by atoms with Crippen LogP contribution in [-0.4, -0.2) is 32.9 Å². The summed E-state index contributed by atoms with van der Waals surface area (Å²) in [5.74, 6) is -0.463. The molecule has 0 aliphatic carbocycles. The number of nitrogens with zero attached hydrogens (tertiary/aromatic N) is 1. The number of fused-ring (bicyclic) bond motifs is 1. The zero-order valence-electron chi connectivity index (χ0n) is 13.4. The summed E-state index contributed by atoms with van der Waals surface area (Å²) in [7, 11) is 0. The highest BCUT2D eigenvalue weighted by molar-refractivity contribution is 8.01. The Balaban J connectivity index is 1.75. The molecule has 0 aromatic heterocycles. The second-order valence-corrected chi connectivity index (χ2v) is 7.86. The number of hydrogen-bond acceptors (Lipinski definition) is 4. The van der Waals surface area contributed by atoms with Gasteiger partial charge in [-0.2, -0.15) is 0 Å². The highest BCUT2D eigenvalue weighted by Gasteiger charge is 2.61. The van der Waals surface area contributed by atoms with Crippen molar-refractivity contribution in [2.75, 3.05) is 0 Å². The van der Waals surface area contributed by atoms with Crippen molar-refractivity contribution in [2.24, 2.45) is 0 Å². The third kappa shape index (κ3) is 2.71. The normalized spacial score (nSPS) is 24.6. The van der Waals surface area contributed by atoms with E-state index < -0.39 is 6.04 Å². The highest BCUT2D eigenvalue weighted by Crippen LogP contribution is 2.52. The fourth-order valence-corrected chi connectivity index (χ4v) is 4.50. The molecule has 0 unspecified atom stereocenters. The molecule has 3 rings (SSSR count). The number of carbonyl (C=O) groups is 2. The summed E-state index contributed by atoms with van der Waals surface area (Å²) in [6.07, 6.45) is 1.74. The standard InChI is InChI=1S/C18H19NO3S/c1-4-8-13-15(20)19-14(18(2,3)23-16(13)19)17(21)22-11-12-9-6-5-7-10-12/h4-7,9-10,14,16H,11H2,1-3H3/t8?,14-,16+/m0/s1. The minimum Gasteiger partial charge on any atom is -0.459 e. The van der Waals surface area contributed by atoms with Crippen LogP contribution in [0.4, 0.5) is 0 Å². The summed E-state index contributed by atoms with van der Waals surface area (Å²) >= 11 is 1.61. The second kappa shape index (κ2) is 5.91. The summed E-state index contributed by atoms with van der Waals surface area (Å²) in [6.45, 7) is 6.01. The van der Waals surface area contributed by atoms with Crippen LogP contribution in [0.1, 0.15) is 26.3 Å². The average molecular weight is 329 g/mol. The molecule has 5 heteroatoms. The summed E-state index contributed by atoms with van der Waals surface area (Å²) < 4.78 is 5.08. The van der Waals surface area contributed by atoms with Crippen molar-refractivity contribution >= 4 is 23.6 Å². The summed E-state index contributed by atoms with van der Waals surface area (Å²) in [4.78, 5) is 26.5. The van der Waals surface area contributed by atoms with Crippen molar-refractivity contribution in [2.45, 2.75) is 43.5 Å². The van der Waals surface area contributed by atoms with Gasteiger partial charge in [-0.3, -0.25) is 4.79 Å². The van der Waals surface area contributed by atoms with Crippen LogP contribution in [0, 0.1) is 0 Å². The predicted molar refractivity (Wildman–Crippen MR) is 89.6 cm³/mol. The minimum absolute atomic E-state index is 0.0945. The van der Waals surface area contributed by atoms with Crippen molar-refractivity contribution in [1.82, 2.24) is 4.90 Å². The topological polar surface area (TPSA) is 46.6 Å². The Kier molecular flexibility index (Phi) is 4.09. The maximum atomic E-state index is 12.6. The van der Waals surface area contributed by atoms with Crippen LogP contribution < -0.4 is 0 Å². The molecule has 2 heterocycles. The molecular weight excluding hydrogens is 310 g/mol. The molecule has 23 heavy (non-hydrogen) atoms. The van der Waals surface area contributed by atoms with Crippen molar-refractivity contribution in [3.63, 3.8) is 0 Å². The summed E-state index contributed by atoms with van der Waals surface area (Å²) in [6, 6.07) is 8.98. The summed E-state index contributed by atoms with van der Waals surface area (Å²) in [5.41, 5.74) is 4.56. The molecule has 0 N–H and O–H groups in total. The van der Waals surface area contributed by atoms with Gasteiger partial charge >= 0.3 is 5.97 Å². The largest absolute Gasteiger partial charge is 0.459 e. The van der Waals surface area contributed by atoms with Crippen LogP contribution in [0.5, 0.6) is 0 Å². The van der Waals surface area contributed by atoms with Crippen LogP contribution in [0.3, 0.4) is 0 Å². The van der Waals surface area contributed by atoms with E-state index in [1.54, 1.807) is 22.7 Å². The van der Waals surface area contributed by atoms with E-state index in [2.05, 4.69) is 5.73 Å². The lowest BCUT2D eigenvalue weighted by atomic mass is 9.96. The lowest BCUT2D eigenvalue weighted by Gasteiger charge is -2.38. The molecule has 1 amide bonds. The van der Waals surface area contributed by atoms with Gasteiger partial charge in [-0.25, -0.2) is 4.79 Å². The number of ether oxygens (including phenoxy) is 1. The van der Waals surface area contributed by atoms with Crippen molar-refractivity contribution < 1.29 is 14.3 Å². The first-order valence-corrected chi connectivity index (χ1v) is 8.46. The molecule has 2 saturated heterocycles. The van der Waals surface area contributed by atoms with E-state index in [1.807, 2.05) is 51.1 Å². The number of carbonyl (C=O) groups excluding carboxylic acids is 2. The van der Waals surface area contributed by atoms with E-state index in [1.165, 1.54) is 0 Å². The van der Waals surface area contributed by atoms with E-state index in [0.29, 0.717) is 5.57 Å². The quantitative estimate of drug-likeness (QED) is 0.370. The molecular formula is C18H19NO3S. The Hall–Kier alpha value is -1.97. The van der Waals surface area contributed by atoms with Gasteiger partial charge in [0.1, 0.15) is 18.0 Å². The second-order valence-electron chi connectivity index (χ2n) is 6.13. The Bertz CT molecular complexity index is 704. The van der Waals surface area contributed by atoms with Gasteiger partial charge in [0.2, 0.25) is 0 Å². The molecule has 1 aromatic carbocycles. The third-order valence-electron chi connectivity index (χ3n) is 4.06. The number of rotatable bonds is 3. The monoisotopic (exact) mass is 329 g/mol. The van der Waals surface area contributed by atoms with E-state index >= 15 is 0 Å². The maximum Gasteiger partial charge on any atom is 0.330 e. The van der Waals surface area contributed by atoms with Crippen LogP contribution in [-0.2, 0) is 20.9 Å². The number of amides is 1. The maximum absolute atomic E-state index is 12.6. The smallest absolute Gasteiger partial charge is 0.330 e. The van der Waals surface area contributed by atoms with Gasteiger partial charge in [0, 0.05) is 4.75 Å². The van der Waals surface area contributed by atoms with Gasteiger partial charge in [-0.1, -0.05) is 30.3 Å². The molecule has 0 spiro atoms. The van der Waals surface area contributed by atoms with Crippen molar-refractivity contribution in [3.8, 4) is 0 Å². The first-order chi connectivity index (χ1) is 11.0. The average Bonchev–Trinajstić information content (AvgIpc) is 2.79. The summed E-state index contributed by atoms with van der Waals surface area (Å²) in [5, 5.41) is -0.0945. The molecule has 1 aromatic rings. The minimum atomic E-state index is -0.559. The number of esters is 1. The fourth-order valence-electron chi connectivity index (χ4n) is 2.97.